The highest BCUT2D eigenvalue weighted by Crippen LogP contribution is 2.17. The zero-order valence-corrected chi connectivity index (χ0v) is 17.0. The molecule has 1 aromatic carbocycles. The normalized spacial score (nSPS) is 15.6. The Bertz CT molecular complexity index is 750. The van der Waals surface area contributed by atoms with Crippen molar-refractivity contribution in [3.8, 4) is 0 Å². The van der Waals surface area contributed by atoms with Gasteiger partial charge in [-0.15, -0.1) is 0 Å². The van der Waals surface area contributed by atoms with E-state index in [4.69, 9.17) is 0 Å². The minimum Gasteiger partial charge on any atom is -0.353 e. The first-order valence-electron chi connectivity index (χ1n) is 9.41. The van der Waals surface area contributed by atoms with Gasteiger partial charge in [0.2, 0.25) is 15.9 Å². The molecule has 0 spiro atoms. The summed E-state index contributed by atoms with van der Waals surface area (Å²) in [4.78, 5) is 26.6. The molecular formula is C19H29N3O4S. The first kappa shape index (κ1) is 21.2. The van der Waals surface area contributed by atoms with E-state index in [2.05, 4.69) is 10.0 Å². The molecule has 1 aliphatic heterocycles. The third-order valence-corrected chi connectivity index (χ3v) is 5.53. The van der Waals surface area contributed by atoms with Gasteiger partial charge in [0.15, 0.2) is 0 Å². The maximum absolute atomic E-state index is 12.6. The van der Waals surface area contributed by atoms with Crippen molar-refractivity contribution in [2.45, 2.75) is 45.6 Å². The third kappa shape index (κ3) is 6.23. The summed E-state index contributed by atoms with van der Waals surface area (Å²) in [5.74, 6) is 0.0909. The Labute approximate surface area is 161 Å². The maximum Gasteiger partial charge on any atom is 0.253 e. The van der Waals surface area contributed by atoms with E-state index in [1.54, 1.807) is 29.2 Å². The van der Waals surface area contributed by atoms with Crippen molar-refractivity contribution in [3.05, 3.63) is 29.8 Å². The van der Waals surface area contributed by atoms with Gasteiger partial charge in [0.05, 0.1) is 6.26 Å². The van der Waals surface area contributed by atoms with Crippen LogP contribution in [0.2, 0.25) is 0 Å². The summed E-state index contributed by atoms with van der Waals surface area (Å²) in [6, 6.07) is 6.52. The molecule has 1 fully saturated rings. The summed E-state index contributed by atoms with van der Waals surface area (Å²) in [7, 11) is -3.34. The number of likely N-dealkylation sites (tertiary alicyclic amines) is 1. The smallest absolute Gasteiger partial charge is 0.253 e. The molecule has 8 heteroatoms. The molecule has 0 atom stereocenters. The van der Waals surface area contributed by atoms with E-state index in [0.717, 1.165) is 31.9 Å². The fourth-order valence-electron chi connectivity index (χ4n) is 3.28. The summed E-state index contributed by atoms with van der Waals surface area (Å²) in [5.41, 5.74) is 0.949. The highest BCUT2D eigenvalue weighted by Gasteiger charge is 2.26. The number of benzene rings is 1. The number of anilines is 1. The SMILES string of the molecule is CCC(CC)C(=O)NC1CCN(C(=O)c2ccc(NS(C)(=O)=O)cc2)CC1. The van der Waals surface area contributed by atoms with Crippen LogP contribution in [0.15, 0.2) is 24.3 Å². The van der Waals surface area contributed by atoms with E-state index in [-0.39, 0.29) is 23.8 Å². The minimum absolute atomic E-state index is 0.0590. The van der Waals surface area contributed by atoms with Gasteiger partial charge in [-0.2, -0.15) is 0 Å². The second kappa shape index (κ2) is 9.21. The molecule has 0 radical (unpaired) electrons. The number of carbonyl (C=O) groups is 2. The van der Waals surface area contributed by atoms with Gasteiger partial charge >= 0.3 is 0 Å². The highest BCUT2D eigenvalue weighted by molar-refractivity contribution is 7.92. The van der Waals surface area contributed by atoms with Gasteiger partial charge in [-0.3, -0.25) is 14.3 Å². The predicted molar refractivity (Wildman–Crippen MR) is 106 cm³/mol. The molecule has 1 saturated heterocycles. The lowest BCUT2D eigenvalue weighted by Gasteiger charge is -2.33. The fraction of sp³-hybridized carbons (Fsp3) is 0.579. The lowest BCUT2D eigenvalue weighted by Crippen LogP contribution is -2.47. The Morgan fingerprint density at radius 2 is 1.67 bits per heavy atom. The second-order valence-electron chi connectivity index (χ2n) is 7.04. The van der Waals surface area contributed by atoms with Gasteiger partial charge in [-0.25, -0.2) is 8.42 Å². The largest absolute Gasteiger partial charge is 0.353 e. The van der Waals surface area contributed by atoms with Crippen LogP contribution < -0.4 is 10.0 Å². The first-order valence-corrected chi connectivity index (χ1v) is 11.3. The number of nitrogens with one attached hydrogen (secondary N) is 2. The molecule has 150 valence electrons. The Balaban J connectivity index is 1.88. The molecular weight excluding hydrogens is 366 g/mol. The van der Waals surface area contributed by atoms with E-state index in [1.165, 1.54) is 0 Å². The molecule has 7 nitrogen and oxygen atoms in total. The van der Waals surface area contributed by atoms with Crippen LogP contribution in [0.3, 0.4) is 0 Å². The van der Waals surface area contributed by atoms with Crippen LogP contribution in [0.5, 0.6) is 0 Å². The molecule has 2 amide bonds. The van der Waals surface area contributed by atoms with Crippen LogP contribution in [0.4, 0.5) is 5.69 Å². The highest BCUT2D eigenvalue weighted by atomic mass is 32.2. The van der Waals surface area contributed by atoms with Crippen LogP contribution >= 0.6 is 0 Å². The van der Waals surface area contributed by atoms with Gasteiger partial charge in [0.1, 0.15) is 0 Å². The van der Waals surface area contributed by atoms with E-state index in [1.807, 2.05) is 13.8 Å². The van der Waals surface area contributed by atoms with Crippen molar-refractivity contribution >= 4 is 27.5 Å². The molecule has 0 unspecified atom stereocenters. The zero-order chi connectivity index (χ0) is 20.0. The molecule has 0 saturated carbocycles. The summed E-state index contributed by atoms with van der Waals surface area (Å²) in [6.45, 7) is 5.23. The number of hydrogen-bond donors (Lipinski definition) is 2. The average Bonchev–Trinajstić information content (AvgIpc) is 2.62. The van der Waals surface area contributed by atoms with Crippen LogP contribution in [-0.2, 0) is 14.8 Å². The van der Waals surface area contributed by atoms with Gasteiger partial charge in [0, 0.05) is 36.3 Å². The predicted octanol–water partition coefficient (Wildman–Crippen LogP) is 2.22. The molecule has 1 aromatic rings. The van der Waals surface area contributed by atoms with Gasteiger partial charge in [-0.05, 0) is 49.9 Å². The maximum atomic E-state index is 12.6. The van der Waals surface area contributed by atoms with Crippen molar-refractivity contribution < 1.29 is 18.0 Å². The molecule has 27 heavy (non-hydrogen) atoms. The number of nitrogens with zero attached hydrogens (tertiary/aromatic N) is 1. The second-order valence-corrected chi connectivity index (χ2v) is 8.79. The molecule has 2 rings (SSSR count). The van der Waals surface area contributed by atoms with Gasteiger partial charge in [0.25, 0.3) is 5.91 Å². The Morgan fingerprint density at radius 3 is 2.15 bits per heavy atom. The minimum atomic E-state index is -3.34. The molecule has 0 bridgehead atoms. The number of amides is 2. The van der Waals surface area contributed by atoms with Crippen LogP contribution in [0, 0.1) is 5.92 Å². The van der Waals surface area contributed by atoms with Crippen molar-refractivity contribution in [1.82, 2.24) is 10.2 Å². The third-order valence-electron chi connectivity index (χ3n) is 4.92. The van der Waals surface area contributed by atoms with Crippen molar-refractivity contribution in [1.29, 1.82) is 0 Å². The van der Waals surface area contributed by atoms with Gasteiger partial charge in [-0.1, -0.05) is 13.8 Å². The fourth-order valence-corrected chi connectivity index (χ4v) is 3.85. The first-order chi connectivity index (χ1) is 12.7. The monoisotopic (exact) mass is 395 g/mol. The Hall–Kier alpha value is -2.09. The van der Waals surface area contributed by atoms with Gasteiger partial charge < -0.3 is 10.2 Å². The van der Waals surface area contributed by atoms with Crippen LogP contribution in [-0.4, -0.2) is 50.5 Å². The van der Waals surface area contributed by atoms with E-state index in [9.17, 15) is 18.0 Å². The number of hydrogen-bond acceptors (Lipinski definition) is 4. The molecule has 1 heterocycles. The molecule has 2 N–H and O–H groups in total. The van der Waals surface area contributed by atoms with Crippen molar-refractivity contribution in [2.24, 2.45) is 5.92 Å². The van der Waals surface area contributed by atoms with Crippen LogP contribution in [0.1, 0.15) is 49.9 Å². The molecule has 0 aromatic heterocycles. The van der Waals surface area contributed by atoms with E-state index in [0.29, 0.717) is 24.3 Å². The summed E-state index contributed by atoms with van der Waals surface area (Å²) < 4.78 is 24.9. The number of piperidine rings is 1. The zero-order valence-electron chi connectivity index (χ0n) is 16.2. The van der Waals surface area contributed by atoms with Crippen molar-refractivity contribution in [2.75, 3.05) is 24.1 Å². The van der Waals surface area contributed by atoms with E-state index >= 15 is 0 Å². The van der Waals surface area contributed by atoms with Crippen molar-refractivity contribution in [3.63, 3.8) is 0 Å². The lowest BCUT2D eigenvalue weighted by atomic mass is 9.99. The average molecular weight is 396 g/mol. The van der Waals surface area contributed by atoms with Crippen LogP contribution in [0.25, 0.3) is 0 Å². The molecule has 0 aliphatic carbocycles. The molecule has 1 aliphatic rings. The van der Waals surface area contributed by atoms with E-state index < -0.39 is 10.0 Å². The number of sulfonamides is 1. The standard InChI is InChI=1S/C19H29N3O4S/c1-4-14(5-2)18(23)20-16-10-12-22(13-11-16)19(24)15-6-8-17(9-7-15)21-27(3,25)26/h6-9,14,16,21H,4-5,10-13H2,1-3H3,(H,20,23). The summed E-state index contributed by atoms with van der Waals surface area (Å²) in [5, 5.41) is 3.11. The summed E-state index contributed by atoms with van der Waals surface area (Å²) in [6.07, 6.45) is 4.24. The Kier molecular flexibility index (Phi) is 7.24. The topological polar surface area (TPSA) is 95.6 Å². The Morgan fingerprint density at radius 1 is 1.11 bits per heavy atom. The quantitative estimate of drug-likeness (QED) is 0.740. The number of rotatable bonds is 7. The lowest BCUT2D eigenvalue weighted by molar-refractivity contribution is -0.126. The number of carbonyl (C=O) groups excluding carboxylic acids is 2. The summed E-state index contributed by atoms with van der Waals surface area (Å²) >= 11 is 0.